The first kappa shape index (κ1) is 15.7. The molecule has 0 aliphatic heterocycles. The van der Waals surface area contributed by atoms with Crippen LogP contribution in [-0.2, 0) is 4.79 Å². The zero-order valence-corrected chi connectivity index (χ0v) is 12.5. The van der Waals surface area contributed by atoms with E-state index in [9.17, 15) is 9.59 Å². The first-order chi connectivity index (χ1) is 9.00. The molecule has 0 atom stereocenters. The zero-order valence-electron chi connectivity index (χ0n) is 11.7. The molecule has 0 aliphatic rings. The van der Waals surface area contributed by atoms with Crippen LogP contribution in [-0.4, -0.2) is 61.9 Å². The predicted molar refractivity (Wildman–Crippen MR) is 77.5 cm³/mol. The number of carbonyl (C=O) groups is 2. The summed E-state index contributed by atoms with van der Waals surface area (Å²) in [4.78, 5) is 27.6. The van der Waals surface area contributed by atoms with E-state index in [1.54, 1.807) is 17.9 Å². The molecule has 0 saturated heterocycles. The lowest BCUT2D eigenvalue weighted by Crippen LogP contribution is -2.40. The van der Waals surface area contributed by atoms with Crippen molar-refractivity contribution in [1.82, 2.24) is 15.1 Å². The second-order valence-corrected chi connectivity index (χ2v) is 5.49. The van der Waals surface area contributed by atoms with Gasteiger partial charge in [0.2, 0.25) is 5.91 Å². The fourth-order valence-electron chi connectivity index (χ4n) is 1.55. The molecule has 1 aromatic rings. The summed E-state index contributed by atoms with van der Waals surface area (Å²) in [6, 6.07) is 3.63. The van der Waals surface area contributed by atoms with Crippen molar-refractivity contribution in [2.75, 3.05) is 40.3 Å². The lowest BCUT2D eigenvalue weighted by Gasteiger charge is -2.23. The summed E-state index contributed by atoms with van der Waals surface area (Å²) < 4.78 is 0. The average molecular weight is 283 g/mol. The molecule has 1 heterocycles. The highest BCUT2D eigenvalue weighted by atomic mass is 32.1. The van der Waals surface area contributed by atoms with E-state index in [1.807, 2.05) is 30.4 Å². The van der Waals surface area contributed by atoms with Crippen molar-refractivity contribution < 1.29 is 9.59 Å². The first-order valence-corrected chi connectivity index (χ1v) is 7.10. The van der Waals surface area contributed by atoms with E-state index in [4.69, 9.17) is 0 Å². The lowest BCUT2D eigenvalue weighted by molar-refractivity contribution is -0.128. The van der Waals surface area contributed by atoms with E-state index in [0.29, 0.717) is 24.5 Å². The van der Waals surface area contributed by atoms with Gasteiger partial charge in [-0.15, -0.1) is 11.3 Å². The van der Waals surface area contributed by atoms with Crippen LogP contribution in [0.2, 0.25) is 0 Å². The van der Waals surface area contributed by atoms with Crippen molar-refractivity contribution in [3.8, 4) is 0 Å². The third-order valence-electron chi connectivity index (χ3n) is 2.67. The molecule has 0 bridgehead atoms. The van der Waals surface area contributed by atoms with Gasteiger partial charge in [-0.2, -0.15) is 0 Å². The molecule has 0 aliphatic carbocycles. The molecule has 0 radical (unpaired) electrons. The minimum absolute atomic E-state index is 0.0345. The SMILES string of the molecule is CC(=O)N(CCNC(=O)c1cccs1)CCN(C)C. The standard InChI is InChI=1S/C13H21N3O2S/c1-11(17)16(9-8-15(2)3)7-6-14-13(18)12-5-4-10-19-12/h4-5,10H,6-9H2,1-3H3,(H,14,18). The second kappa shape index (κ2) is 7.91. The maximum absolute atomic E-state index is 11.7. The topological polar surface area (TPSA) is 52.7 Å². The van der Waals surface area contributed by atoms with E-state index in [2.05, 4.69) is 5.32 Å². The van der Waals surface area contributed by atoms with Gasteiger partial charge in [0.1, 0.15) is 0 Å². The van der Waals surface area contributed by atoms with Gasteiger partial charge in [0.15, 0.2) is 0 Å². The van der Waals surface area contributed by atoms with E-state index in [1.165, 1.54) is 11.3 Å². The van der Waals surface area contributed by atoms with E-state index in [0.717, 1.165) is 6.54 Å². The lowest BCUT2D eigenvalue weighted by atomic mass is 10.4. The Kier molecular flexibility index (Phi) is 6.52. The van der Waals surface area contributed by atoms with Crippen molar-refractivity contribution in [1.29, 1.82) is 0 Å². The normalized spacial score (nSPS) is 10.5. The molecule has 1 N–H and O–H groups in total. The number of thiophene rings is 1. The van der Waals surface area contributed by atoms with Crippen LogP contribution in [0.25, 0.3) is 0 Å². The van der Waals surface area contributed by atoms with Crippen LogP contribution < -0.4 is 5.32 Å². The number of hydrogen-bond acceptors (Lipinski definition) is 4. The molecule has 2 amide bonds. The molecule has 1 aromatic heterocycles. The first-order valence-electron chi connectivity index (χ1n) is 6.22. The van der Waals surface area contributed by atoms with Crippen molar-refractivity contribution in [2.24, 2.45) is 0 Å². The van der Waals surface area contributed by atoms with E-state index >= 15 is 0 Å². The van der Waals surface area contributed by atoms with Gasteiger partial charge in [-0.1, -0.05) is 6.07 Å². The molecule has 19 heavy (non-hydrogen) atoms. The number of nitrogens with zero attached hydrogens (tertiary/aromatic N) is 2. The predicted octanol–water partition coefficient (Wildman–Crippen LogP) is 0.888. The Morgan fingerprint density at radius 3 is 2.53 bits per heavy atom. The maximum Gasteiger partial charge on any atom is 0.261 e. The quantitative estimate of drug-likeness (QED) is 0.808. The minimum Gasteiger partial charge on any atom is -0.350 e. The Bertz CT molecular complexity index is 404. The van der Waals surface area contributed by atoms with Crippen LogP contribution in [0.4, 0.5) is 0 Å². The Labute approximate surface area is 118 Å². The molecular weight excluding hydrogens is 262 g/mol. The summed E-state index contributed by atoms with van der Waals surface area (Å²) in [5.41, 5.74) is 0. The largest absolute Gasteiger partial charge is 0.350 e. The molecule has 5 nitrogen and oxygen atoms in total. The van der Waals surface area contributed by atoms with Crippen molar-refractivity contribution >= 4 is 23.2 Å². The molecule has 0 unspecified atom stereocenters. The summed E-state index contributed by atoms with van der Waals surface area (Å²) in [7, 11) is 3.94. The highest BCUT2D eigenvalue weighted by molar-refractivity contribution is 7.12. The van der Waals surface area contributed by atoms with Crippen LogP contribution in [0.15, 0.2) is 17.5 Å². The Morgan fingerprint density at radius 1 is 1.26 bits per heavy atom. The number of amides is 2. The fraction of sp³-hybridized carbons (Fsp3) is 0.538. The number of nitrogens with one attached hydrogen (secondary N) is 1. The number of hydrogen-bond donors (Lipinski definition) is 1. The summed E-state index contributed by atoms with van der Waals surface area (Å²) in [6.07, 6.45) is 0. The maximum atomic E-state index is 11.7. The van der Waals surface area contributed by atoms with Crippen molar-refractivity contribution in [2.45, 2.75) is 6.92 Å². The summed E-state index contributed by atoms with van der Waals surface area (Å²) in [6.45, 7) is 4.07. The van der Waals surface area contributed by atoms with Gasteiger partial charge < -0.3 is 15.1 Å². The molecule has 0 fully saturated rings. The summed E-state index contributed by atoms with van der Waals surface area (Å²) in [5, 5.41) is 4.69. The van der Waals surface area contributed by atoms with Crippen LogP contribution >= 0.6 is 11.3 Å². The second-order valence-electron chi connectivity index (χ2n) is 4.54. The molecular formula is C13H21N3O2S. The number of rotatable bonds is 7. The van der Waals surface area contributed by atoms with Gasteiger partial charge in [0.05, 0.1) is 4.88 Å². The molecule has 1 rings (SSSR count). The monoisotopic (exact) mass is 283 g/mol. The van der Waals surface area contributed by atoms with Gasteiger partial charge in [-0.25, -0.2) is 0 Å². The Balaban J connectivity index is 2.32. The highest BCUT2D eigenvalue weighted by Gasteiger charge is 2.10. The minimum atomic E-state index is -0.0777. The van der Waals surface area contributed by atoms with Gasteiger partial charge in [0, 0.05) is 33.1 Å². The van der Waals surface area contributed by atoms with Gasteiger partial charge in [-0.3, -0.25) is 9.59 Å². The third-order valence-corrected chi connectivity index (χ3v) is 3.54. The molecule has 6 heteroatoms. The smallest absolute Gasteiger partial charge is 0.261 e. The van der Waals surface area contributed by atoms with Crippen LogP contribution in [0, 0.1) is 0 Å². The van der Waals surface area contributed by atoms with Gasteiger partial charge in [-0.05, 0) is 25.5 Å². The van der Waals surface area contributed by atoms with Gasteiger partial charge in [0.25, 0.3) is 5.91 Å². The summed E-state index contributed by atoms with van der Waals surface area (Å²) in [5.74, 6) is -0.0432. The molecule has 0 saturated carbocycles. The number of likely N-dealkylation sites (N-methyl/N-ethyl adjacent to an activating group) is 1. The fourth-order valence-corrected chi connectivity index (χ4v) is 2.19. The molecule has 106 valence electrons. The van der Waals surface area contributed by atoms with Crippen LogP contribution in [0.1, 0.15) is 16.6 Å². The van der Waals surface area contributed by atoms with Crippen LogP contribution in [0.3, 0.4) is 0 Å². The molecule has 0 aromatic carbocycles. The van der Waals surface area contributed by atoms with Crippen LogP contribution in [0.5, 0.6) is 0 Å². The van der Waals surface area contributed by atoms with Gasteiger partial charge >= 0.3 is 0 Å². The van der Waals surface area contributed by atoms with E-state index < -0.39 is 0 Å². The van der Waals surface area contributed by atoms with Crippen molar-refractivity contribution in [3.05, 3.63) is 22.4 Å². The number of carbonyl (C=O) groups excluding carboxylic acids is 2. The van der Waals surface area contributed by atoms with E-state index in [-0.39, 0.29) is 11.8 Å². The average Bonchev–Trinajstić information content (AvgIpc) is 2.86. The zero-order chi connectivity index (χ0) is 14.3. The Morgan fingerprint density at radius 2 is 2.00 bits per heavy atom. The summed E-state index contributed by atoms with van der Waals surface area (Å²) >= 11 is 1.41. The van der Waals surface area contributed by atoms with Crippen molar-refractivity contribution in [3.63, 3.8) is 0 Å². The Hall–Kier alpha value is -1.40. The third kappa shape index (κ3) is 5.85. The highest BCUT2D eigenvalue weighted by Crippen LogP contribution is 2.07. The molecule has 0 spiro atoms.